The van der Waals surface area contributed by atoms with Crippen molar-refractivity contribution in [3.8, 4) is 0 Å². The van der Waals surface area contributed by atoms with Crippen LogP contribution in [0.1, 0.15) is 31.1 Å². The standard InChI is InChI=1S/C21H13FN2O3/c22-14-6-4-7-15(12-14)23-19(25)13-5-3-8-16(11-13)24-20(26)17-9-1-2-10-18(17)21(24)27/h1-12H,(H,23,25). The van der Waals surface area contributed by atoms with Crippen molar-refractivity contribution in [3.63, 3.8) is 0 Å². The Morgan fingerprint density at radius 2 is 1.48 bits per heavy atom. The fourth-order valence-corrected chi connectivity index (χ4v) is 2.98. The maximum atomic E-state index is 13.3. The minimum atomic E-state index is -0.473. The molecule has 0 spiro atoms. The molecule has 0 fully saturated rings. The summed E-state index contributed by atoms with van der Waals surface area (Å²) in [6.07, 6.45) is 0. The lowest BCUT2D eigenvalue weighted by molar-refractivity contribution is 0.0924. The molecule has 27 heavy (non-hydrogen) atoms. The molecule has 3 aromatic carbocycles. The van der Waals surface area contributed by atoms with Crippen molar-refractivity contribution in [3.05, 3.63) is 95.3 Å². The van der Waals surface area contributed by atoms with Gasteiger partial charge in [-0.2, -0.15) is 0 Å². The van der Waals surface area contributed by atoms with E-state index < -0.39 is 23.5 Å². The largest absolute Gasteiger partial charge is 0.322 e. The molecule has 132 valence electrons. The monoisotopic (exact) mass is 360 g/mol. The molecule has 1 N–H and O–H groups in total. The number of nitrogens with zero attached hydrogens (tertiary/aromatic N) is 1. The maximum Gasteiger partial charge on any atom is 0.266 e. The van der Waals surface area contributed by atoms with Crippen LogP contribution in [0.3, 0.4) is 0 Å². The van der Waals surface area contributed by atoms with Gasteiger partial charge < -0.3 is 5.32 Å². The van der Waals surface area contributed by atoms with Gasteiger partial charge in [0.2, 0.25) is 0 Å². The number of rotatable bonds is 3. The summed E-state index contributed by atoms with van der Waals surface area (Å²) in [5, 5.41) is 2.59. The van der Waals surface area contributed by atoms with Crippen LogP contribution in [0.4, 0.5) is 15.8 Å². The summed E-state index contributed by atoms with van der Waals surface area (Å²) < 4.78 is 13.3. The van der Waals surface area contributed by atoms with E-state index in [0.717, 1.165) is 4.90 Å². The van der Waals surface area contributed by atoms with Crippen molar-refractivity contribution < 1.29 is 18.8 Å². The van der Waals surface area contributed by atoms with E-state index in [-0.39, 0.29) is 5.56 Å². The number of benzene rings is 3. The second kappa shape index (κ2) is 6.49. The molecule has 0 aliphatic carbocycles. The second-order valence-corrected chi connectivity index (χ2v) is 6.01. The van der Waals surface area contributed by atoms with Gasteiger partial charge in [-0.3, -0.25) is 14.4 Å². The van der Waals surface area contributed by atoms with Gasteiger partial charge in [-0.25, -0.2) is 9.29 Å². The Morgan fingerprint density at radius 1 is 0.815 bits per heavy atom. The summed E-state index contributed by atoms with van der Waals surface area (Å²) in [5.41, 5.74) is 1.52. The van der Waals surface area contributed by atoms with Crippen LogP contribution in [0, 0.1) is 5.82 Å². The second-order valence-electron chi connectivity index (χ2n) is 6.01. The fourth-order valence-electron chi connectivity index (χ4n) is 2.98. The molecule has 0 aromatic heterocycles. The smallest absolute Gasteiger partial charge is 0.266 e. The fraction of sp³-hybridized carbons (Fsp3) is 0. The number of halogens is 1. The van der Waals surface area contributed by atoms with Crippen molar-refractivity contribution in [2.75, 3.05) is 10.2 Å². The van der Waals surface area contributed by atoms with Crippen molar-refractivity contribution in [1.82, 2.24) is 0 Å². The highest BCUT2D eigenvalue weighted by Gasteiger charge is 2.36. The van der Waals surface area contributed by atoms with Crippen molar-refractivity contribution in [1.29, 1.82) is 0 Å². The van der Waals surface area contributed by atoms with Crippen LogP contribution in [0.25, 0.3) is 0 Å². The normalized spacial score (nSPS) is 12.9. The third-order valence-electron chi connectivity index (χ3n) is 4.24. The number of anilines is 2. The first-order chi connectivity index (χ1) is 13.0. The molecule has 0 unspecified atom stereocenters. The molecular weight excluding hydrogens is 347 g/mol. The molecule has 1 heterocycles. The zero-order valence-electron chi connectivity index (χ0n) is 14.0. The van der Waals surface area contributed by atoms with E-state index in [4.69, 9.17) is 0 Å². The number of fused-ring (bicyclic) bond motifs is 1. The summed E-state index contributed by atoms with van der Waals surface area (Å²) in [6.45, 7) is 0. The first-order valence-electron chi connectivity index (χ1n) is 8.19. The molecule has 0 bridgehead atoms. The molecule has 0 saturated heterocycles. The lowest BCUT2D eigenvalue weighted by atomic mass is 10.1. The Balaban J connectivity index is 1.63. The topological polar surface area (TPSA) is 66.5 Å². The number of imide groups is 1. The molecule has 1 aliphatic heterocycles. The summed E-state index contributed by atoms with van der Waals surface area (Å²) in [4.78, 5) is 38.7. The van der Waals surface area contributed by atoms with E-state index in [9.17, 15) is 18.8 Å². The number of carbonyl (C=O) groups excluding carboxylic acids is 3. The number of hydrogen-bond donors (Lipinski definition) is 1. The average Bonchev–Trinajstić information content (AvgIpc) is 2.93. The number of hydrogen-bond acceptors (Lipinski definition) is 3. The lowest BCUT2D eigenvalue weighted by Crippen LogP contribution is -2.29. The van der Waals surface area contributed by atoms with Crippen LogP contribution in [-0.2, 0) is 0 Å². The molecule has 6 heteroatoms. The van der Waals surface area contributed by atoms with Gasteiger partial charge in [0.15, 0.2) is 0 Å². The van der Waals surface area contributed by atoms with Crippen molar-refractivity contribution in [2.45, 2.75) is 0 Å². The Bertz CT molecular complexity index is 1060. The highest BCUT2D eigenvalue weighted by molar-refractivity contribution is 6.34. The summed E-state index contributed by atoms with van der Waals surface area (Å²) in [6, 6.07) is 18.3. The highest BCUT2D eigenvalue weighted by Crippen LogP contribution is 2.28. The molecule has 4 rings (SSSR count). The minimum Gasteiger partial charge on any atom is -0.322 e. The molecular formula is C21H13FN2O3. The summed E-state index contributed by atoms with van der Waals surface area (Å²) in [5.74, 6) is -1.80. The Hall–Kier alpha value is -3.80. The van der Waals surface area contributed by atoms with Crippen LogP contribution >= 0.6 is 0 Å². The predicted molar refractivity (Wildman–Crippen MR) is 98.4 cm³/mol. The molecule has 0 radical (unpaired) electrons. The van der Waals surface area contributed by atoms with E-state index in [1.54, 1.807) is 48.5 Å². The highest BCUT2D eigenvalue weighted by atomic mass is 19.1. The van der Waals surface area contributed by atoms with Gasteiger partial charge in [0.25, 0.3) is 17.7 Å². The van der Waals surface area contributed by atoms with Crippen LogP contribution in [0.2, 0.25) is 0 Å². The van der Waals surface area contributed by atoms with Crippen LogP contribution in [0.5, 0.6) is 0 Å². The van der Waals surface area contributed by atoms with Gasteiger partial charge >= 0.3 is 0 Å². The van der Waals surface area contributed by atoms with E-state index in [2.05, 4.69) is 5.32 Å². The van der Waals surface area contributed by atoms with Gasteiger partial charge in [-0.1, -0.05) is 24.3 Å². The molecule has 0 atom stereocenters. The zero-order chi connectivity index (χ0) is 19.0. The van der Waals surface area contributed by atoms with E-state index in [0.29, 0.717) is 22.5 Å². The Kier molecular flexibility index (Phi) is 4.01. The van der Waals surface area contributed by atoms with E-state index in [1.807, 2.05) is 0 Å². The third-order valence-corrected chi connectivity index (χ3v) is 4.24. The first kappa shape index (κ1) is 16.7. The van der Waals surface area contributed by atoms with Gasteiger partial charge in [0, 0.05) is 11.3 Å². The number of carbonyl (C=O) groups is 3. The van der Waals surface area contributed by atoms with E-state index in [1.165, 1.54) is 24.3 Å². The maximum absolute atomic E-state index is 13.3. The van der Waals surface area contributed by atoms with Gasteiger partial charge in [-0.05, 0) is 48.5 Å². The molecule has 5 nitrogen and oxygen atoms in total. The number of amides is 3. The average molecular weight is 360 g/mol. The number of nitrogens with one attached hydrogen (secondary N) is 1. The van der Waals surface area contributed by atoms with Crippen molar-refractivity contribution >= 4 is 29.1 Å². The molecule has 3 amide bonds. The van der Waals surface area contributed by atoms with Crippen LogP contribution in [0.15, 0.2) is 72.8 Å². The van der Waals surface area contributed by atoms with Gasteiger partial charge in [0.05, 0.1) is 16.8 Å². The molecule has 3 aromatic rings. The van der Waals surface area contributed by atoms with Crippen LogP contribution < -0.4 is 10.2 Å². The summed E-state index contributed by atoms with van der Waals surface area (Å²) >= 11 is 0. The molecule has 0 saturated carbocycles. The van der Waals surface area contributed by atoms with Gasteiger partial charge in [0.1, 0.15) is 5.82 Å². The molecule has 1 aliphatic rings. The quantitative estimate of drug-likeness (QED) is 0.721. The predicted octanol–water partition coefficient (Wildman–Crippen LogP) is 3.88. The SMILES string of the molecule is O=C(Nc1cccc(F)c1)c1cccc(N2C(=O)c3ccccc3C2=O)c1. The van der Waals surface area contributed by atoms with E-state index >= 15 is 0 Å². The minimum absolute atomic E-state index is 0.244. The van der Waals surface area contributed by atoms with Crippen LogP contribution in [-0.4, -0.2) is 17.7 Å². The summed E-state index contributed by atoms with van der Waals surface area (Å²) in [7, 11) is 0. The first-order valence-corrected chi connectivity index (χ1v) is 8.19. The Morgan fingerprint density at radius 3 is 2.15 bits per heavy atom. The third kappa shape index (κ3) is 2.97. The van der Waals surface area contributed by atoms with Crippen molar-refractivity contribution in [2.24, 2.45) is 0 Å². The van der Waals surface area contributed by atoms with Gasteiger partial charge in [-0.15, -0.1) is 0 Å². The zero-order valence-corrected chi connectivity index (χ0v) is 14.0. The Labute approximate surface area is 154 Å². The lowest BCUT2D eigenvalue weighted by Gasteiger charge is -2.15.